The fourth-order valence-electron chi connectivity index (χ4n) is 2.46. The van der Waals surface area contributed by atoms with Gasteiger partial charge >= 0.3 is 0 Å². The van der Waals surface area contributed by atoms with Crippen molar-refractivity contribution in [1.82, 2.24) is 10.3 Å². The summed E-state index contributed by atoms with van der Waals surface area (Å²) in [6, 6.07) is 18.6. The number of anilines is 1. The first-order chi connectivity index (χ1) is 13.1. The molecule has 3 aromatic rings. The molecular formula is C21H17N3O3. The molecule has 3 rings (SSSR count). The van der Waals surface area contributed by atoms with Crippen LogP contribution in [0.2, 0.25) is 0 Å². The maximum Gasteiger partial charge on any atom is 0.292 e. The van der Waals surface area contributed by atoms with E-state index in [0.717, 1.165) is 5.56 Å². The molecule has 0 saturated carbocycles. The summed E-state index contributed by atoms with van der Waals surface area (Å²) in [5.41, 5.74) is 1.66. The number of rotatable bonds is 6. The molecule has 0 aliphatic carbocycles. The Labute approximate surface area is 156 Å². The van der Waals surface area contributed by atoms with Crippen LogP contribution in [0.15, 0.2) is 79.1 Å². The second kappa shape index (κ2) is 8.53. The predicted octanol–water partition coefficient (Wildman–Crippen LogP) is 2.83. The molecule has 1 heterocycles. The first kappa shape index (κ1) is 18.0. The molecule has 2 amide bonds. The number of nitrogens with zero attached hydrogens (tertiary/aromatic N) is 1. The van der Waals surface area contributed by atoms with Gasteiger partial charge in [0.2, 0.25) is 0 Å². The van der Waals surface area contributed by atoms with Gasteiger partial charge in [0.15, 0.2) is 0 Å². The summed E-state index contributed by atoms with van der Waals surface area (Å²) in [6.45, 7) is 0.191. The van der Waals surface area contributed by atoms with E-state index in [-0.39, 0.29) is 23.7 Å². The molecule has 0 fully saturated rings. The Bertz CT molecular complexity index is 957. The van der Waals surface area contributed by atoms with E-state index in [1.807, 2.05) is 0 Å². The van der Waals surface area contributed by atoms with Gasteiger partial charge in [-0.15, -0.1) is 0 Å². The van der Waals surface area contributed by atoms with Crippen molar-refractivity contribution in [3.8, 4) is 0 Å². The van der Waals surface area contributed by atoms with E-state index < -0.39 is 11.7 Å². The molecule has 1 aromatic heterocycles. The number of pyridine rings is 1. The third-order valence-electron chi connectivity index (χ3n) is 3.84. The van der Waals surface area contributed by atoms with Crippen LogP contribution in [0.1, 0.15) is 26.3 Å². The molecule has 0 spiro atoms. The van der Waals surface area contributed by atoms with Gasteiger partial charge in [-0.2, -0.15) is 0 Å². The van der Waals surface area contributed by atoms with E-state index in [4.69, 9.17) is 0 Å². The number of Topliss-reactive ketones (excluding diaryl/α,β-unsaturated/α-hetero) is 1. The van der Waals surface area contributed by atoms with Gasteiger partial charge in [0.05, 0.1) is 11.3 Å². The molecular weight excluding hydrogens is 342 g/mol. The maximum absolute atomic E-state index is 12.5. The fourth-order valence-corrected chi connectivity index (χ4v) is 2.46. The van der Waals surface area contributed by atoms with Crippen molar-refractivity contribution < 1.29 is 14.4 Å². The Morgan fingerprint density at radius 2 is 1.59 bits per heavy atom. The molecule has 0 aliphatic heterocycles. The van der Waals surface area contributed by atoms with E-state index in [0.29, 0.717) is 5.56 Å². The second-order valence-electron chi connectivity index (χ2n) is 5.74. The molecule has 0 bridgehead atoms. The average molecular weight is 359 g/mol. The first-order valence-electron chi connectivity index (χ1n) is 8.32. The van der Waals surface area contributed by atoms with Crippen LogP contribution in [0, 0.1) is 0 Å². The number of carbonyl (C=O) groups excluding carboxylic acids is 3. The minimum atomic E-state index is -0.750. The van der Waals surface area contributed by atoms with Crippen molar-refractivity contribution in [2.45, 2.75) is 6.54 Å². The lowest BCUT2D eigenvalue weighted by molar-refractivity contribution is -0.117. The van der Waals surface area contributed by atoms with Gasteiger partial charge in [0.1, 0.15) is 0 Å². The zero-order valence-corrected chi connectivity index (χ0v) is 14.4. The van der Waals surface area contributed by atoms with Crippen molar-refractivity contribution in [3.05, 3.63) is 95.8 Å². The van der Waals surface area contributed by atoms with Gasteiger partial charge < -0.3 is 10.6 Å². The summed E-state index contributed by atoms with van der Waals surface area (Å²) in [5, 5.41) is 5.25. The number of nitrogens with one attached hydrogen (secondary N) is 2. The molecule has 6 heteroatoms. The SMILES string of the molecule is O=C(NCc1cccnc1)C(=O)c1ccccc1NC(=O)c1ccccc1. The fraction of sp³-hybridized carbons (Fsp3) is 0.0476. The molecule has 0 aliphatic rings. The van der Waals surface area contributed by atoms with Crippen molar-refractivity contribution in [3.63, 3.8) is 0 Å². The molecule has 2 aromatic carbocycles. The lowest BCUT2D eigenvalue weighted by Gasteiger charge is -2.10. The molecule has 0 atom stereocenters. The highest BCUT2D eigenvalue weighted by Gasteiger charge is 2.20. The smallest absolute Gasteiger partial charge is 0.292 e. The van der Waals surface area contributed by atoms with Crippen LogP contribution in [-0.2, 0) is 11.3 Å². The van der Waals surface area contributed by atoms with Crippen LogP contribution in [0.4, 0.5) is 5.69 Å². The predicted molar refractivity (Wildman–Crippen MR) is 101 cm³/mol. The Morgan fingerprint density at radius 1 is 0.852 bits per heavy atom. The summed E-state index contributed by atoms with van der Waals surface area (Å²) < 4.78 is 0. The maximum atomic E-state index is 12.5. The van der Waals surface area contributed by atoms with Crippen LogP contribution in [0.3, 0.4) is 0 Å². The highest BCUT2D eigenvalue weighted by atomic mass is 16.2. The monoisotopic (exact) mass is 359 g/mol. The minimum absolute atomic E-state index is 0.130. The number of hydrogen-bond acceptors (Lipinski definition) is 4. The molecule has 0 saturated heterocycles. The molecule has 2 N–H and O–H groups in total. The topological polar surface area (TPSA) is 88.2 Å². The Morgan fingerprint density at radius 3 is 2.33 bits per heavy atom. The van der Waals surface area contributed by atoms with Crippen LogP contribution in [0.25, 0.3) is 0 Å². The van der Waals surface area contributed by atoms with E-state index in [1.54, 1.807) is 73.1 Å². The van der Waals surface area contributed by atoms with E-state index >= 15 is 0 Å². The van der Waals surface area contributed by atoms with Crippen LogP contribution < -0.4 is 10.6 Å². The molecule has 134 valence electrons. The standard InChI is InChI=1S/C21H17N3O3/c25-19(21(27)23-14-15-7-6-12-22-13-15)17-10-4-5-11-18(17)24-20(26)16-8-2-1-3-9-16/h1-13H,14H2,(H,23,27)(H,24,26). The largest absolute Gasteiger partial charge is 0.345 e. The van der Waals surface area contributed by atoms with Crippen molar-refractivity contribution in [2.24, 2.45) is 0 Å². The Kier molecular flexibility index (Phi) is 5.69. The quantitative estimate of drug-likeness (QED) is 0.523. The van der Waals surface area contributed by atoms with Crippen molar-refractivity contribution in [2.75, 3.05) is 5.32 Å². The average Bonchev–Trinajstić information content (AvgIpc) is 2.73. The van der Waals surface area contributed by atoms with Crippen molar-refractivity contribution in [1.29, 1.82) is 0 Å². The first-order valence-corrected chi connectivity index (χ1v) is 8.32. The number of hydrogen-bond donors (Lipinski definition) is 2. The molecule has 27 heavy (non-hydrogen) atoms. The number of ketones is 1. The van der Waals surface area contributed by atoms with Crippen LogP contribution >= 0.6 is 0 Å². The summed E-state index contributed by atoms with van der Waals surface area (Å²) in [6.07, 6.45) is 3.24. The lowest BCUT2D eigenvalue weighted by atomic mass is 10.1. The summed E-state index contributed by atoms with van der Waals surface area (Å²) in [4.78, 5) is 41.1. The summed E-state index contributed by atoms with van der Waals surface area (Å²) >= 11 is 0. The molecule has 6 nitrogen and oxygen atoms in total. The molecule has 0 unspecified atom stereocenters. The third-order valence-corrected chi connectivity index (χ3v) is 3.84. The second-order valence-corrected chi connectivity index (χ2v) is 5.74. The van der Waals surface area contributed by atoms with Gasteiger partial charge in [-0.1, -0.05) is 36.4 Å². The number of para-hydroxylation sites is 1. The van der Waals surface area contributed by atoms with Crippen molar-refractivity contribution >= 4 is 23.3 Å². The summed E-state index contributed by atoms with van der Waals surface area (Å²) in [7, 11) is 0. The highest BCUT2D eigenvalue weighted by molar-refractivity contribution is 6.44. The van der Waals surface area contributed by atoms with E-state index in [1.165, 1.54) is 6.07 Å². The van der Waals surface area contributed by atoms with Gasteiger partial charge in [0, 0.05) is 24.5 Å². The van der Waals surface area contributed by atoms with E-state index in [9.17, 15) is 14.4 Å². The van der Waals surface area contributed by atoms with Gasteiger partial charge in [0.25, 0.3) is 17.6 Å². The zero-order valence-electron chi connectivity index (χ0n) is 14.4. The van der Waals surface area contributed by atoms with Crippen LogP contribution in [0.5, 0.6) is 0 Å². The number of benzene rings is 2. The number of amides is 2. The van der Waals surface area contributed by atoms with Gasteiger partial charge in [-0.05, 0) is 35.9 Å². The highest BCUT2D eigenvalue weighted by Crippen LogP contribution is 2.17. The van der Waals surface area contributed by atoms with Gasteiger partial charge in [-0.3, -0.25) is 19.4 Å². The zero-order chi connectivity index (χ0) is 19.1. The normalized spacial score (nSPS) is 10.1. The van der Waals surface area contributed by atoms with Gasteiger partial charge in [-0.25, -0.2) is 0 Å². The number of carbonyl (C=O) groups is 3. The van der Waals surface area contributed by atoms with E-state index in [2.05, 4.69) is 15.6 Å². The molecule has 0 radical (unpaired) electrons. The number of aromatic nitrogens is 1. The summed E-state index contributed by atoms with van der Waals surface area (Å²) in [5.74, 6) is -1.82. The third kappa shape index (κ3) is 4.64. The van der Waals surface area contributed by atoms with Crippen LogP contribution in [-0.4, -0.2) is 22.6 Å². The minimum Gasteiger partial charge on any atom is -0.345 e. The Balaban J connectivity index is 1.71. The Hall–Kier alpha value is -3.80. The lowest BCUT2D eigenvalue weighted by Crippen LogP contribution is -2.31.